The van der Waals surface area contributed by atoms with Crippen LogP contribution in [0.25, 0.3) is 5.69 Å². The molecule has 1 amide bonds. The first kappa shape index (κ1) is 20.8. The summed E-state index contributed by atoms with van der Waals surface area (Å²) in [5.74, 6) is 1.13. The van der Waals surface area contributed by atoms with E-state index in [0.717, 1.165) is 26.6 Å². The Labute approximate surface area is 179 Å². The van der Waals surface area contributed by atoms with Gasteiger partial charge in [0, 0.05) is 25.6 Å². The van der Waals surface area contributed by atoms with Gasteiger partial charge in [-0.15, -0.1) is 21.5 Å². The molecule has 0 aliphatic heterocycles. The van der Waals surface area contributed by atoms with Crippen molar-refractivity contribution in [3.63, 3.8) is 0 Å². The lowest BCUT2D eigenvalue weighted by Crippen LogP contribution is -2.21. The summed E-state index contributed by atoms with van der Waals surface area (Å²) in [6.07, 6.45) is 1.44. The van der Waals surface area contributed by atoms with E-state index in [4.69, 9.17) is 0 Å². The summed E-state index contributed by atoms with van der Waals surface area (Å²) in [7, 11) is 0. The standard InChI is InChI=1S/C19H19BrN4O2S2/c1-13(25)21-11-5-8-18-22-23-19(24(18)14-6-3-2-4-7-14)27-12-15(26)16-9-10-17(20)28-16/h2-4,6-7,9-10H,5,8,11-12H2,1H3,(H,21,25). The molecule has 0 bridgehead atoms. The van der Waals surface area contributed by atoms with E-state index in [-0.39, 0.29) is 11.7 Å². The van der Waals surface area contributed by atoms with Gasteiger partial charge >= 0.3 is 0 Å². The number of amides is 1. The number of thiophene rings is 1. The first-order valence-corrected chi connectivity index (χ1v) is 11.3. The Hall–Kier alpha value is -1.97. The molecule has 1 aromatic carbocycles. The van der Waals surface area contributed by atoms with Crippen molar-refractivity contribution in [2.24, 2.45) is 0 Å². The highest BCUT2D eigenvalue weighted by molar-refractivity contribution is 9.11. The monoisotopic (exact) mass is 478 g/mol. The molecule has 146 valence electrons. The van der Waals surface area contributed by atoms with Gasteiger partial charge in [0.2, 0.25) is 5.91 Å². The molecular weight excluding hydrogens is 460 g/mol. The number of thioether (sulfide) groups is 1. The van der Waals surface area contributed by atoms with Gasteiger partial charge in [-0.05, 0) is 46.6 Å². The van der Waals surface area contributed by atoms with E-state index >= 15 is 0 Å². The Balaban J connectivity index is 1.74. The molecule has 2 heterocycles. The third kappa shape index (κ3) is 5.52. The molecule has 2 aromatic heterocycles. The number of hydrogen-bond donors (Lipinski definition) is 1. The van der Waals surface area contributed by atoms with Crippen LogP contribution >= 0.6 is 39.0 Å². The Morgan fingerprint density at radius 3 is 2.64 bits per heavy atom. The van der Waals surface area contributed by atoms with Gasteiger partial charge in [-0.25, -0.2) is 0 Å². The summed E-state index contributed by atoms with van der Waals surface area (Å²) in [4.78, 5) is 24.2. The lowest BCUT2D eigenvalue weighted by molar-refractivity contribution is -0.118. The van der Waals surface area contributed by atoms with E-state index in [2.05, 4.69) is 31.4 Å². The smallest absolute Gasteiger partial charge is 0.216 e. The molecule has 0 saturated carbocycles. The number of halogens is 1. The zero-order valence-electron chi connectivity index (χ0n) is 15.2. The number of hydrogen-bond acceptors (Lipinski definition) is 6. The van der Waals surface area contributed by atoms with Gasteiger partial charge in [-0.3, -0.25) is 14.2 Å². The average molecular weight is 479 g/mol. The quantitative estimate of drug-likeness (QED) is 0.284. The van der Waals surface area contributed by atoms with E-state index < -0.39 is 0 Å². The minimum Gasteiger partial charge on any atom is -0.356 e. The molecule has 6 nitrogen and oxygen atoms in total. The molecular formula is C19H19BrN4O2S2. The van der Waals surface area contributed by atoms with E-state index in [9.17, 15) is 9.59 Å². The number of Topliss-reactive ketones (excluding diaryl/α,β-unsaturated/α-hetero) is 1. The van der Waals surface area contributed by atoms with Gasteiger partial charge in [0.25, 0.3) is 0 Å². The third-order valence-corrected chi connectivity index (χ3v) is 6.44. The maximum Gasteiger partial charge on any atom is 0.216 e. The minimum absolute atomic E-state index is 0.0421. The fraction of sp³-hybridized carbons (Fsp3) is 0.263. The first-order chi connectivity index (χ1) is 13.5. The molecule has 0 aliphatic carbocycles. The van der Waals surface area contributed by atoms with Crippen LogP contribution in [0.1, 0.15) is 28.8 Å². The van der Waals surface area contributed by atoms with Crippen molar-refractivity contribution in [2.45, 2.75) is 24.9 Å². The topological polar surface area (TPSA) is 76.9 Å². The summed E-state index contributed by atoms with van der Waals surface area (Å²) in [6, 6.07) is 13.6. The first-order valence-electron chi connectivity index (χ1n) is 8.70. The third-order valence-electron chi connectivity index (χ3n) is 3.85. The second-order valence-corrected chi connectivity index (χ2v) is 9.38. The summed E-state index contributed by atoms with van der Waals surface area (Å²) >= 11 is 6.20. The number of nitrogens with zero attached hydrogens (tertiary/aromatic N) is 3. The fourth-order valence-electron chi connectivity index (χ4n) is 2.57. The number of aryl methyl sites for hydroxylation is 1. The molecule has 0 atom stereocenters. The molecule has 9 heteroatoms. The normalized spacial score (nSPS) is 10.8. The average Bonchev–Trinajstić information content (AvgIpc) is 3.30. The van der Waals surface area contributed by atoms with Crippen LogP contribution in [0.15, 0.2) is 51.4 Å². The van der Waals surface area contributed by atoms with Crippen LogP contribution in [-0.4, -0.2) is 38.8 Å². The van der Waals surface area contributed by atoms with E-state index in [1.54, 1.807) is 0 Å². The molecule has 3 rings (SSSR count). The second kappa shape index (κ2) is 9.99. The van der Waals surface area contributed by atoms with Gasteiger partial charge in [0.15, 0.2) is 10.9 Å². The van der Waals surface area contributed by atoms with Crippen LogP contribution in [0, 0.1) is 0 Å². The Morgan fingerprint density at radius 1 is 1.18 bits per heavy atom. The lowest BCUT2D eigenvalue weighted by atomic mass is 10.2. The Morgan fingerprint density at radius 2 is 1.96 bits per heavy atom. The molecule has 0 fully saturated rings. The Kier molecular flexibility index (Phi) is 7.41. The van der Waals surface area contributed by atoms with E-state index in [1.165, 1.54) is 30.0 Å². The summed E-state index contributed by atoms with van der Waals surface area (Å²) in [5, 5.41) is 12.1. The lowest BCUT2D eigenvalue weighted by Gasteiger charge is -2.10. The molecule has 0 saturated heterocycles. The van der Waals surface area contributed by atoms with E-state index in [0.29, 0.717) is 23.9 Å². The predicted molar refractivity (Wildman–Crippen MR) is 115 cm³/mol. The zero-order chi connectivity index (χ0) is 19.9. The maximum absolute atomic E-state index is 12.4. The second-order valence-electron chi connectivity index (χ2n) is 5.97. The number of nitrogens with one attached hydrogen (secondary N) is 1. The predicted octanol–water partition coefficient (Wildman–Crippen LogP) is 4.14. The van der Waals surface area contributed by atoms with Crippen molar-refractivity contribution in [1.29, 1.82) is 0 Å². The summed E-state index contributed by atoms with van der Waals surface area (Å²) in [6.45, 7) is 2.09. The van der Waals surface area contributed by atoms with Crippen LogP contribution in [-0.2, 0) is 11.2 Å². The van der Waals surface area contributed by atoms with Crippen LogP contribution in [0.2, 0.25) is 0 Å². The molecule has 0 spiro atoms. The molecule has 28 heavy (non-hydrogen) atoms. The number of rotatable bonds is 9. The highest BCUT2D eigenvalue weighted by Gasteiger charge is 2.17. The largest absolute Gasteiger partial charge is 0.356 e. The van der Waals surface area contributed by atoms with Crippen molar-refractivity contribution in [1.82, 2.24) is 20.1 Å². The van der Waals surface area contributed by atoms with Gasteiger partial charge < -0.3 is 5.32 Å². The maximum atomic E-state index is 12.4. The van der Waals surface area contributed by atoms with Crippen molar-refractivity contribution in [2.75, 3.05) is 12.3 Å². The van der Waals surface area contributed by atoms with Crippen molar-refractivity contribution in [3.05, 3.63) is 57.0 Å². The minimum atomic E-state index is -0.0421. The zero-order valence-corrected chi connectivity index (χ0v) is 18.4. The fourth-order valence-corrected chi connectivity index (χ4v) is 4.84. The number of para-hydroxylation sites is 1. The summed E-state index contributed by atoms with van der Waals surface area (Å²) in [5.41, 5.74) is 0.954. The van der Waals surface area contributed by atoms with Crippen LogP contribution in [0.3, 0.4) is 0 Å². The highest BCUT2D eigenvalue weighted by Crippen LogP contribution is 2.26. The van der Waals surface area contributed by atoms with E-state index in [1.807, 2.05) is 47.0 Å². The van der Waals surface area contributed by atoms with Crippen molar-refractivity contribution >= 4 is 50.7 Å². The number of ketones is 1. The number of aromatic nitrogens is 3. The van der Waals surface area contributed by atoms with Gasteiger partial charge in [-0.1, -0.05) is 30.0 Å². The van der Waals surface area contributed by atoms with Gasteiger partial charge in [0.05, 0.1) is 14.4 Å². The molecule has 0 unspecified atom stereocenters. The highest BCUT2D eigenvalue weighted by atomic mass is 79.9. The molecule has 0 aliphatic rings. The van der Waals surface area contributed by atoms with Crippen molar-refractivity contribution in [3.8, 4) is 5.69 Å². The van der Waals surface area contributed by atoms with Crippen LogP contribution < -0.4 is 5.32 Å². The molecule has 0 radical (unpaired) electrons. The molecule has 1 N–H and O–H groups in total. The van der Waals surface area contributed by atoms with Gasteiger partial charge in [0.1, 0.15) is 5.82 Å². The Bertz CT molecular complexity index is 956. The number of carbonyl (C=O) groups excluding carboxylic acids is 2. The van der Waals surface area contributed by atoms with Crippen molar-refractivity contribution < 1.29 is 9.59 Å². The van der Waals surface area contributed by atoms with Crippen LogP contribution in [0.5, 0.6) is 0 Å². The number of carbonyl (C=O) groups is 2. The van der Waals surface area contributed by atoms with Crippen LogP contribution in [0.4, 0.5) is 0 Å². The SMILES string of the molecule is CC(=O)NCCCc1nnc(SCC(=O)c2ccc(Br)s2)n1-c1ccccc1. The summed E-state index contributed by atoms with van der Waals surface area (Å²) < 4.78 is 2.92. The number of benzene rings is 1. The van der Waals surface area contributed by atoms with Gasteiger partial charge in [-0.2, -0.15) is 0 Å². The molecule has 3 aromatic rings.